The molecular weight excluding hydrogens is 269 g/mol. The van der Waals surface area contributed by atoms with Crippen LogP contribution in [-0.4, -0.2) is 17.4 Å². The summed E-state index contributed by atoms with van der Waals surface area (Å²) < 4.78 is 12.8. The monoisotopic (exact) mass is 287 g/mol. The fourth-order valence-electron chi connectivity index (χ4n) is 1.68. The van der Waals surface area contributed by atoms with Gasteiger partial charge in [0.1, 0.15) is 11.5 Å². The molecule has 1 aromatic carbocycles. The van der Waals surface area contributed by atoms with E-state index >= 15 is 0 Å². The summed E-state index contributed by atoms with van der Waals surface area (Å²) in [6, 6.07) is 9.07. The molecule has 0 saturated heterocycles. The number of anilines is 2. The predicted octanol–water partition coefficient (Wildman–Crippen LogP) is 3.54. The van der Waals surface area contributed by atoms with Crippen molar-refractivity contribution in [2.45, 2.75) is 13.8 Å². The Bertz CT molecular complexity index is 594. The van der Waals surface area contributed by atoms with Crippen LogP contribution in [-0.2, 0) is 0 Å². The zero-order chi connectivity index (χ0) is 15.2. The van der Waals surface area contributed by atoms with Crippen molar-refractivity contribution in [3.05, 3.63) is 54.1 Å². The zero-order valence-corrected chi connectivity index (χ0v) is 12.1. The SMILES string of the molecule is CC(C)CNc1ccc(C(=O)Nc2ccc(F)cc2)nc1. The number of benzene rings is 1. The second-order valence-corrected chi connectivity index (χ2v) is 5.17. The summed E-state index contributed by atoms with van der Waals surface area (Å²) in [5, 5.41) is 5.90. The highest BCUT2D eigenvalue weighted by Gasteiger charge is 2.07. The number of hydrogen-bond donors (Lipinski definition) is 2. The highest BCUT2D eigenvalue weighted by Crippen LogP contribution is 2.11. The third kappa shape index (κ3) is 4.56. The maximum atomic E-state index is 12.8. The van der Waals surface area contributed by atoms with Gasteiger partial charge in [-0.3, -0.25) is 4.79 Å². The van der Waals surface area contributed by atoms with E-state index in [2.05, 4.69) is 29.5 Å². The molecule has 4 nitrogen and oxygen atoms in total. The van der Waals surface area contributed by atoms with Crippen LogP contribution in [0.2, 0.25) is 0 Å². The van der Waals surface area contributed by atoms with Gasteiger partial charge in [-0.25, -0.2) is 9.37 Å². The van der Waals surface area contributed by atoms with E-state index in [4.69, 9.17) is 0 Å². The number of amides is 1. The molecule has 110 valence electrons. The van der Waals surface area contributed by atoms with Gasteiger partial charge in [0.05, 0.1) is 11.9 Å². The van der Waals surface area contributed by atoms with Crippen molar-refractivity contribution in [1.29, 1.82) is 0 Å². The van der Waals surface area contributed by atoms with Gasteiger partial charge in [-0.2, -0.15) is 0 Å². The van der Waals surface area contributed by atoms with E-state index in [9.17, 15) is 9.18 Å². The maximum Gasteiger partial charge on any atom is 0.274 e. The van der Waals surface area contributed by atoms with Gasteiger partial charge >= 0.3 is 0 Å². The second-order valence-electron chi connectivity index (χ2n) is 5.17. The Morgan fingerprint density at radius 2 is 1.81 bits per heavy atom. The minimum atomic E-state index is -0.341. The van der Waals surface area contributed by atoms with E-state index in [1.54, 1.807) is 12.3 Å². The zero-order valence-electron chi connectivity index (χ0n) is 12.1. The molecule has 0 unspecified atom stereocenters. The lowest BCUT2D eigenvalue weighted by atomic mass is 10.2. The Labute approximate surface area is 123 Å². The van der Waals surface area contributed by atoms with E-state index in [1.807, 2.05) is 6.07 Å². The summed E-state index contributed by atoms with van der Waals surface area (Å²) in [5.41, 5.74) is 1.72. The first-order valence-electron chi connectivity index (χ1n) is 6.81. The number of nitrogens with one attached hydrogen (secondary N) is 2. The summed E-state index contributed by atoms with van der Waals surface area (Å²) >= 11 is 0. The van der Waals surface area contributed by atoms with E-state index in [-0.39, 0.29) is 11.7 Å². The van der Waals surface area contributed by atoms with Gasteiger partial charge in [-0.1, -0.05) is 13.8 Å². The first kappa shape index (κ1) is 15.0. The molecule has 0 aliphatic heterocycles. The molecule has 2 rings (SSSR count). The molecule has 1 heterocycles. The number of pyridine rings is 1. The molecule has 0 spiro atoms. The van der Waals surface area contributed by atoms with Gasteiger partial charge in [0.25, 0.3) is 5.91 Å². The van der Waals surface area contributed by atoms with Gasteiger partial charge in [-0.05, 0) is 42.3 Å². The van der Waals surface area contributed by atoms with Crippen LogP contribution in [0.1, 0.15) is 24.3 Å². The smallest absolute Gasteiger partial charge is 0.274 e. The van der Waals surface area contributed by atoms with Crippen molar-refractivity contribution >= 4 is 17.3 Å². The standard InChI is InChI=1S/C16H18FN3O/c1-11(2)9-18-14-7-8-15(19-10-14)16(21)20-13-5-3-12(17)4-6-13/h3-8,10-11,18H,9H2,1-2H3,(H,20,21). The van der Waals surface area contributed by atoms with Crippen LogP contribution < -0.4 is 10.6 Å². The van der Waals surface area contributed by atoms with Gasteiger partial charge in [0, 0.05) is 12.2 Å². The Kier molecular flexibility index (Phi) is 4.87. The molecule has 0 bridgehead atoms. The molecule has 1 aromatic heterocycles. The van der Waals surface area contributed by atoms with Crippen molar-refractivity contribution < 1.29 is 9.18 Å². The topological polar surface area (TPSA) is 54.0 Å². The summed E-state index contributed by atoms with van der Waals surface area (Å²) in [7, 11) is 0. The molecule has 5 heteroatoms. The molecule has 2 aromatic rings. The van der Waals surface area contributed by atoms with Crippen LogP contribution in [0.4, 0.5) is 15.8 Å². The van der Waals surface area contributed by atoms with Crippen molar-refractivity contribution in [2.24, 2.45) is 5.92 Å². The molecule has 0 radical (unpaired) electrons. The van der Waals surface area contributed by atoms with Crippen molar-refractivity contribution in [3.8, 4) is 0 Å². The number of hydrogen-bond acceptors (Lipinski definition) is 3. The van der Waals surface area contributed by atoms with Crippen molar-refractivity contribution in [1.82, 2.24) is 4.98 Å². The van der Waals surface area contributed by atoms with E-state index < -0.39 is 0 Å². The van der Waals surface area contributed by atoms with Crippen LogP contribution >= 0.6 is 0 Å². The first-order chi connectivity index (χ1) is 10.0. The number of aromatic nitrogens is 1. The summed E-state index contributed by atoms with van der Waals surface area (Å²) in [4.78, 5) is 16.1. The van der Waals surface area contributed by atoms with Crippen LogP contribution in [0.5, 0.6) is 0 Å². The van der Waals surface area contributed by atoms with Gasteiger partial charge in [0.15, 0.2) is 0 Å². The minimum absolute atomic E-state index is 0.314. The molecule has 2 N–H and O–H groups in total. The molecule has 0 atom stereocenters. The van der Waals surface area contributed by atoms with Crippen LogP contribution in [0.3, 0.4) is 0 Å². The highest BCUT2D eigenvalue weighted by atomic mass is 19.1. The molecule has 0 fully saturated rings. The third-order valence-electron chi connectivity index (χ3n) is 2.81. The lowest BCUT2D eigenvalue weighted by Gasteiger charge is -2.09. The lowest BCUT2D eigenvalue weighted by molar-refractivity contribution is 0.102. The maximum absolute atomic E-state index is 12.8. The summed E-state index contributed by atoms with van der Waals surface area (Å²) in [5.74, 6) is -0.129. The van der Waals surface area contributed by atoms with E-state index in [0.29, 0.717) is 17.3 Å². The van der Waals surface area contributed by atoms with Gasteiger partial charge in [0.2, 0.25) is 0 Å². The quantitative estimate of drug-likeness (QED) is 0.884. The summed E-state index contributed by atoms with van der Waals surface area (Å²) in [6.07, 6.45) is 1.63. The minimum Gasteiger partial charge on any atom is -0.384 e. The number of nitrogens with zero attached hydrogens (tertiary/aromatic N) is 1. The van der Waals surface area contributed by atoms with Crippen molar-refractivity contribution in [3.63, 3.8) is 0 Å². The van der Waals surface area contributed by atoms with Gasteiger partial charge in [-0.15, -0.1) is 0 Å². The molecule has 0 aliphatic rings. The average molecular weight is 287 g/mol. The second kappa shape index (κ2) is 6.83. The van der Waals surface area contributed by atoms with Crippen LogP contribution in [0, 0.1) is 11.7 Å². The van der Waals surface area contributed by atoms with E-state index in [0.717, 1.165) is 12.2 Å². The average Bonchev–Trinajstić information content (AvgIpc) is 2.48. The normalized spacial score (nSPS) is 10.5. The van der Waals surface area contributed by atoms with E-state index in [1.165, 1.54) is 24.3 Å². The first-order valence-corrected chi connectivity index (χ1v) is 6.81. The third-order valence-corrected chi connectivity index (χ3v) is 2.81. The Hall–Kier alpha value is -2.43. The molecule has 1 amide bonds. The molecule has 0 saturated carbocycles. The number of carbonyl (C=O) groups excluding carboxylic acids is 1. The van der Waals surface area contributed by atoms with Crippen LogP contribution in [0.15, 0.2) is 42.6 Å². The Morgan fingerprint density at radius 3 is 2.38 bits per heavy atom. The predicted molar refractivity (Wildman–Crippen MR) is 81.9 cm³/mol. The lowest BCUT2D eigenvalue weighted by Crippen LogP contribution is -2.14. The fourth-order valence-corrected chi connectivity index (χ4v) is 1.68. The molecular formula is C16H18FN3O. The van der Waals surface area contributed by atoms with Gasteiger partial charge < -0.3 is 10.6 Å². The summed E-state index contributed by atoms with van der Waals surface area (Å²) in [6.45, 7) is 5.08. The number of rotatable bonds is 5. The largest absolute Gasteiger partial charge is 0.384 e. The number of carbonyl (C=O) groups is 1. The Balaban J connectivity index is 1.97. The number of halogens is 1. The fraction of sp³-hybridized carbons (Fsp3) is 0.250. The van der Waals surface area contributed by atoms with Crippen LogP contribution in [0.25, 0.3) is 0 Å². The highest BCUT2D eigenvalue weighted by molar-refractivity contribution is 6.02. The van der Waals surface area contributed by atoms with Crippen molar-refractivity contribution in [2.75, 3.05) is 17.2 Å². The Morgan fingerprint density at radius 1 is 1.14 bits per heavy atom. The molecule has 21 heavy (non-hydrogen) atoms. The molecule has 0 aliphatic carbocycles.